The van der Waals surface area contributed by atoms with Gasteiger partial charge in [0, 0.05) is 37.1 Å². The molecule has 164 valence electrons. The Bertz CT molecular complexity index is 1030. The number of amides is 1. The number of nitrogens with zero attached hydrogens (tertiary/aromatic N) is 4. The summed E-state index contributed by atoms with van der Waals surface area (Å²) in [5.41, 5.74) is 2.96. The minimum Gasteiger partial charge on any atom is -0.353 e. The van der Waals surface area contributed by atoms with Crippen LogP contribution in [0.25, 0.3) is 11.7 Å². The molecule has 5 rings (SSSR count). The van der Waals surface area contributed by atoms with E-state index in [1.165, 1.54) is 0 Å². The van der Waals surface area contributed by atoms with Crippen molar-refractivity contribution in [3.63, 3.8) is 0 Å². The zero-order valence-corrected chi connectivity index (χ0v) is 18.2. The highest BCUT2D eigenvalue weighted by Crippen LogP contribution is 2.41. The molecule has 2 fully saturated rings. The first kappa shape index (κ1) is 20.3. The molecule has 0 aliphatic heterocycles. The minimum absolute atomic E-state index is 0.0815. The van der Waals surface area contributed by atoms with Gasteiger partial charge in [-0.25, -0.2) is 0 Å². The molecule has 31 heavy (non-hydrogen) atoms. The van der Waals surface area contributed by atoms with Gasteiger partial charge in [-0.2, -0.15) is 0 Å². The van der Waals surface area contributed by atoms with Crippen LogP contribution in [0.15, 0.2) is 12.3 Å². The molecule has 0 saturated heterocycles. The Morgan fingerprint density at radius 2 is 2.16 bits per heavy atom. The topological polar surface area (TPSA) is 89.2 Å². The van der Waals surface area contributed by atoms with Gasteiger partial charge in [0.15, 0.2) is 5.65 Å². The van der Waals surface area contributed by atoms with E-state index in [1.54, 1.807) is 0 Å². The van der Waals surface area contributed by atoms with Crippen LogP contribution in [0.5, 0.6) is 0 Å². The van der Waals surface area contributed by atoms with Crippen molar-refractivity contribution < 1.29 is 9.59 Å². The maximum atomic E-state index is 12.6. The lowest BCUT2D eigenvalue weighted by atomic mass is 9.85. The first-order valence-corrected chi connectivity index (χ1v) is 11.9. The van der Waals surface area contributed by atoms with E-state index >= 15 is 0 Å². The van der Waals surface area contributed by atoms with Crippen LogP contribution in [0.2, 0.25) is 0 Å². The molecule has 1 unspecified atom stereocenters. The zero-order chi connectivity index (χ0) is 21.4. The first-order chi connectivity index (χ1) is 15.1. The molecule has 2 saturated carbocycles. The molecule has 1 amide bonds. The molecule has 4 atom stereocenters. The maximum Gasteiger partial charge on any atom is 0.220 e. The monoisotopic (exact) mass is 421 g/mol. The van der Waals surface area contributed by atoms with Crippen LogP contribution in [-0.2, 0) is 16.0 Å². The highest BCUT2D eigenvalue weighted by molar-refractivity contribution is 5.83. The molecule has 1 N–H and O–H groups in total. The Balaban J connectivity index is 1.27. The van der Waals surface area contributed by atoms with Crippen LogP contribution in [0.4, 0.5) is 0 Å². The molecule has 3 aliphatic carbocycles. The van der Waals surface area contributed by atoms with Crippen molar-refractivity contribution in [1.82, 2.24) is 24.9 Å². The van der Waals surface area contributed by atoms with Crippen LogP contribution in [0, 0.1) is 11.8 Å². The van der Waals surface area contributed by atoms with Gasteiger partial charge in [-0.1, -0.05) is 25.8 Å². The quantitative estimate of drug-likeness (QED) is 0.769. The third-order valence-electron chi connectivity index (χ3n) is 7.49. The lowest BCUT2D eigenvalue weighted by Crippen LogP contribution is -2.33. The number of hydrogen-bond donors (Lipinski definition) is 1. The normalized spacial score (nSPS) is 27.7. The molecule has 0 spiro atoms. The molecule has 7 nitrogen and oxygen atoms in total. The van der Waals surface area contributed by atoms with Gasteiger partial charge in [0.2, 0.25) is 5.91 Å². The highest BCUT2D eigenvalue weighted by Gasteiger charge is 2.38. The van der Waals surface area contributed by atoms with Crippen molar-refractivity contribution >= 4 is 23.4 Å². The lowest BCUT2D eigenvalue weighted by molar-refractivity contribution is -0.125. The fourth-order valence-electron chi connectivity index (χ4n) is 5.80. The number of carbonyl (C=O) groups is 2. The Morgan fingerprint density at radius 3 is 3.00 bits per heavy atom. The van der Waals surface area contributed by atoms with Crippen molar-refractivity contribution in [1.29, 1.82) is 0 Å². The Labute approximate surface area is 182 Å². The molecule has 0 aromatic carbocycles. The van der Waals surface area contributed by atoms with Crippen molar-refractivity contribution in [3.05, 3.63) is 29.5 Å². The second-order valence-corrected chi connectivity index (χ2v) is 9.41. The summed E-state index contributed by atoms with van der Waals surface area (Å²) in [5.74, 6) is 2.25. The fraction of sp³-hybridized carbons (Fsp3) is 0.625. The van der Waals surface area contributed by atoms with Crippen LogP contribution >= 0.6 is 0 Å². The minimum atomic E-state index is 0.0815. The maximum absolute atomic E-state index is 12.6. The average molecular weight is 422 g/mol. The molecule has 7 heteroatoms. The van der Waals surface area contributed by atoms with Gasteiger partial charge in [0.05, 0.1) is 17.6 Å². The molecule has 0 bridgehead atoms. The second kappa shape index (κ2) is 8.52. The fourth-order valence-corrected chi connectivity index (χ4v) is 5.80. The largest absolute Gasteiger partial charge is 0.353 e. The first-order valence-electron chi connectivity index (χ1n) is 11.9. The van der Waals surface area contributed by atoms with Crippen LogP contribution < -0.4 is 5.32 Å². The van der Waals surface area contributed by atoms with E-state index in [9.17, 15) is 9.59 Å². The van der Waals surface area contributed by atoms with Crippen molar-refractivity contribution in [2.24, 2.45) is 11.8 Å². The number of hydrogen-bond acceptors (Lipinski definition) is 5. The Hall–Kier alpha value is -2.57. The summed E-state index contributed by atoms with van der Waals surface area (Å²) in [4.78, 5) is 29.2. The van der Waals surface area contributed by atoms with Crippen molar-refractivity contribution in [3.8, 4) is 0 Å². The number of fused-ring (bicyclic) bond motifs is 3. The van der Waals surface area contributed by atoms with Crippen LogP contribution in [-0.4, -0.2) is 37.3 Å². The molecular formula is C24H31N5O2. The summed E-state index contributed by atoms with van der Waals surface area (Å²) in [6, 6.07) is 0.155. The van der Waals surface area contributed by atoms with E-state index in [-0.39, 0.29) is 23.8 Å². The number of Topliss-reactive ketones (excluding diaryl/α,β-unsaturated/α-hetero) is 1. The lowest BCUT2D eigenvalue weighted by Gasteiger charge is -2.20. The van der Waals surface area contributed by atoms with Gasteiger partial charge in [-0.15, -0.1) is 10.2 Å². The van der Waals surface area contributed by atoms with Gasteiger partial charge < -0.3 is 5.32 Å². The number of ketones is 1. The molecule has 2 aromatic heterocycles. The number of carbonyl (C=O) groups excluding carboxylic acids is 2. The molecule has 2 aromatic rings. The van der Waals surface area contributed by atoms with Crippen molar-refractivity contribution in [2.75, 3.05) is 0 Å². The third kappa shape index (κ3) is 3.90. The van der Waals surface area contributed by atoms with E-state index < -0.39 is 0 Å². The average Bonchev–Trinajstić information content (AvgIpc) is 3.49. The Kier molecular flexibility index (Phi) is 5.59. The molecule has 3 aliphatic rings. The standard InChI is InChI=1S/C24H31N5O2/c1-2-15-12-17(26-23(31)11-10-16-6-3-4-9-21(16)30)13-18(15)24-28-27-22-14-25-19-7-5-8-20(19)29(22)24/h5,8,14-18H,2-4,6-7,9-13H2,1H3,(H,26,31)/t15-,16?,17+,18+/m1/s1. The molecule has 2 heterocycles. The summed E-state index contributed by atoms with van der Waals surface area (Å²) in [5, 5.41) is 12.2. The van der Waals surface area contributed by atoms with Crippen molar-refractivity contribution in [2.45, 2.75) is 83.1 Å². The second-order valence-electron chi connectivity index (χ2n) is 9.41. The summed E-state index contributed by atoms with van der Waals surface area (Å²) in [6.07, 6.45) is 14.7. The van der Waals surface area contributed by atoms with Gasteiger partial charge in [-0.05, 0) is 44.1 Å². The number of nitrogens with one attached hydrogen (secondary N) is 1. The van der Waals surface area contributed by atoms with E-state index in [2.05, 4.69) is 44.0 Å². The summed E-state index contributed by atoms with van der Waals surface area (Å²) in [7, 11) is 0. The smallest absolute Gasteiger partial charge is 0.220 e. The van der Waals surface area contributed by atoms with Crippen LogP contribution in [0.1, 0.15) is 87.8 Å². The highest BCUT2D eigenvalue weighted by atomic mass is 16.1. The molecule has 0 radical (unpaired) electrons. The van der Waals surface area contributed by atoms with Crippen LogP contribution in [0.3, 0.4) is 0 Å². The SMILES string of the molecule is CC[C@@H]1C[C@H](NC(=O)CCC2CCCCC2=O)C[C@@H]1c1nnc2cnc3c(n12)C=CC3. The number of aromatic nitrogens is 4. The summed E-state index contributed by atoms with van der Waals surface area (Å²) >= 11 is 0. The van der Waals surface area contributed by atoms with E-state index in [4.69, 9.17) is 0 Å². The van der Waals surface area contributed by atoms with Gasteiger partial charge >= 0.3 is 0 Å². The van der Waals surface area contributed by atoms with Gasteiger partial charge in [-0.3, -0.25) is 19.0 Å². The van der Waals surface area contributed by atoms with Gasteiger partial charge in [0.1, 0.15) is 11.6 Å². The predicted octanol–water partition coefficient (Wildman–Crippen LogP) is 3.62. The van der Waals surface area contributed by atoms with E-state index in [1.807, 2.05) is 6.20 Å². The van der Waals surface area contributed by atoms with E-state index in [0.717, 1.165) is 67.8 Å². The third-order valence-corrected chi connectivity index (χ3v) is 7.49. The number of allylic oxidation sites excluding steroid dienone is 1. The Morgan fingerprint density at radius 1 is 1.26 bits per heavy atom. The predicted molar refractivity (Wildman–Crippen MR) is 117 cm³/mol. The molecular weight excluding hydrogens is 390 g/mol. The zero-order valence-electron chi connectivity index (χ0n) is 18.2. The summed E-state index contributed by atoms with van der Waals surface area (Å²) < 4.78 is 2.16. The number of rotatable bonds is 6. The van der Waals surface area contributed by atoms with E-state index in [0.29, 0.717) is 31.0 Å². The van der Waals surface area contributed by atoms with Gasteiger partial charge in [0.25, 0.3) is 0 Å². The summed E-state index contributed by atoms with van der Waals surface area (Å²) in [6.45, 7) is 2.21.